The molecular weight excluding hydrogens is 400 g/mol. The number of thiazole rings is 1. The molecular formula is C23H18N2O4S. The Morgan fingerprint density at radius 3 is 2.57 bits per heavy atom. The number of hydrogen-bond donors (Lipinski definition) is 1. The normalized spacial score (nSPS) is 10.6. The van der Waals surface area contributed by atoms with Crippen molar-refractivity contribution in [1.29, 1.82) is 0 Å². The highest BCUT2D eigenvalue weighted by molar-refractivity contribution is 7.13. The van der Waals surface area contributed by atoms with E-state index in [1.807, 2.05) is 66.7 Å². The minimum atomic E-state index is -0.640. The number of aromatic nitrogens is 1. The Hall–Kier alpha value is -3.71. The summed E-state index contributed by atoms with van der Waals surface area (Å²) in [4.78, 5) is 28.9. The lowest BCUT2D eigenvalue weighted by Gasteiger charge is -2.09. The average molecular weight is 418 g/mol. The van der Waals surface area contributed by atoms with E-state index in [0.717, 1.165) is 22.1 Å². The Labute approximate surface area is 177 Å². The first kappa shape index (κ1) is 19.6. The number of benzene rings is 3. The molecule has 0 aliphatic rings. The van der Waals surface area contributed by atoms with E-state index < -0.39 is 18.5 Å². The second-order valence-corrected chi connectivity index (χ2v) is 7.28. The molecule has 1 amide bonds. The summed E-state index contributed by atoms with van der Waals surface area (Å²) in [6.07, 6.45) is 0. The molecule has 0 aliphatic heterocycles. The van der Waals surface area contributed by atoms with Crippen LogP contribution in [0.1, 0.15) is 10.5 Å². The number of hydrogen-bond acceptors (Lipinski definition) is 6. The first-order valence-electron chi connectivity index (χ1n) is 9.19. The molecule has 1 aromatic heterocycles. The summed E-state index contributed by atoms with van der Waals surface area (Å²) in [6, 6.07) is 20.7. The molecule has 0 saturated carbocycles. The summed E-state index contributed by atoms with van der Waals surface area (Å²) in [5.74, 6) is -0.309. The summed E-state index contributed by atoms with van der Waals surface area (Å²) in [6.45, 7) is -0.391. The first-order valence-corrected chi connectivity index (χ1v) is 10.1. The van der Waals surface area contributed by atoms with Crippen LogP contribution in [0.3, 0.4) is 0 Å². The molecule has 7 heteroatoms. The minimum Gasteiger partial charge on any atom is -0.497 e. The summed E-state index contributed by atoms with van der Waals surface area (Å²) < 4.78 is 10.3. The van der Waals surface area contributed by atoms with Gasteiger partial charge in [0, 0.05) is 22.0 Å². The molecule has 4 aromatic rings. The maximum absolute atomic E-state index is 12.3. The molecule has 6 nitrogen and oxygen atoms in total. The smallest absolute Gasteiger partial charge is 0.358 e. The van der Waals surface area contributed by atoms with Gasteiger partial charge in [0.15, 0.2) is 12.3 Å². The van der Waals surface area contributed by atoms with Gasteiger partial charge in [0.1, 0.15) is 10.8 Å². The number of carbonyl (C=O) groups excluding carboxylic acids is 2. The molecule has 0 unspecified atom stereocenters. The molecule has 1 N–H and O–H groups in total. The molecule has 1 heterocycles. The van der Waals surface area contributed by atoms with Crippen LogP contribution >= 0.6 is 11.3 Å². The van der Waals surface area contributed by atoms with E-state index in [4.69, 9.17) is 9.47 Å². The number of ether oxygens (including phenoxy) is 2. The van der Waals surface area contributed by atoms with Gasteiger partial charge in [-0.15, -0.1) is 11.3 Å². The zero-order valence-corrected chi connectivity index (χ0v) is 16.9. The van der Waals surface area contributed by atoms with Gasteiger partial charge in [-0.05, 0) is 35.7 Å². The van der Waals surface area contributed by atoms with Crippen LogP contribution in [0.15, 0.2) is 72.1 Å². The average Bonchev–Trinajstić information content (AvgIpc) is 3.28. The van der Waals surface area contributed by atoms with Crippen LogP contribution in [-0.4, -0.2) is 30.6 Å². The molecule has 0 bridgehead atoms. The van der Waals surface area contributed by atoms with Crippen LogP contribution in [0.25, 0.3) is 21.3 Å². The van der Waals surface area contributed by atoms with Gasteiger partial charge in [-0.2, -0.15) is 0 Å². The highest BCUT2D eigenvalue weighted by atomic mass is 32.1. The molecule has 0 aliphatic carbocycles. The molecule has 30 heavy (non-hydrogen) atoms. The molecule has 0 spiro atoms. The van der Waals surface area contributed by atoms with Crippen molar-refractivity contribution in [2.75, 3.05) is 19.0 Å². The Morgan fingerprint density at radius 1 is 1.00 bits per heavy atom. The lowest BCUT2D eigenvalue weighted by atomic mass is 10.1. The van der Waals surface area contributed by atoms with Crippen molar-refractivity contribution < 1.29 is 19.1 Å². The molecule has 0 atom stereocenters. The number of anilines is 1. The largest absolute Gasteiger partial charge is 0.497 e. The number of methoxy groups -OCH3 is 1. The Kier molecular flexibility index (Phi) is 5.72. The monoisotopic (exact) mass is 418 g/mol. The molecule has 150 valence electrons. The van der Waals surface area contributed by atoms with Crippen molar-refractivity contribution in [2.24, 2.45) is 0 Å². The summed E-state index contributed by atoms with van der Waals surface area (Å²) in [5, 5.41) is 7.02. The topological polar surface area (TPSA) is 77.5 Å². The summed E-state index contributed by atoms with van der Waals surface area (Å²) in [7, 11) is 1.60. The van der Waals surface area contributed by atoms with E-state index in [1.54, 1.807) is 12.5 Å². The lowest BCUT2D eigenvalue weighted by Crippen LogP contribution is -2.21. The number of nitrogens with one attached hydrogen (secondary N) is 1. The van der Waals surface area contributed by atoms with Gasteiger partial charge in [0.2, 0.25) is 0 Å². The fourth-order valence-electron chi connectivity index (χ4n) is 2.96. The number of carbonyl (C=O) groups is 2. The van der Waals surface area contributed by atoms with Crippen LogP contribution in [0.2, 0.25) is 0 Å². The quantitative estimate of drug-likeness (QED) is 0.457. The van der Waals surface area contributed by atoms with Crippen LogP contribution in [0.4, 0.5) is 5.69 Å². The van der Waals surface area contributed by atoms with Crippen LogP contribution in [0, 0.1) is 0 Å². The van der Waals surface area contributed by atoms with Gasteiger partial charge in [0.25, 0.3) is 5.91 Å². The lowest BCUT2D eigenvalue weighted by molar-refractivity contribution is -0.119. The van der Waals surface area contributed by atoms with E-state index in [-0.39, 0.29) is 5.69 Å². The minimum absolute atomic E-state index is 0.170. The molecule has 3 aromatic carbocycles. The number of rotatable bonds is 6. The van der Waals surface area contributed by atoms with Gasteiger partial charge in [-0.3, -0.25) is 4.79 Å². The predicted octanol–water partition coefficient (Wildman–Crippen LogP) is 4.77. The van der Waals surface area contributed by atoms with Gasteiger partial charge < -0.3 is 14.8 Å². The van der Waals surface area contributed by atoms with E-state index in [9.17, 15) is 9.59 Å². The fraction of sp³-hybridized carbons (Fsp3) is 0.0870. The van der Waals surface area contributed by atoms with Crippen molar-refractivity contribution in [3.8, 4) is 16.3 Å². The third-order valence-corrected chi connectivity index (χ3v) is 5.34. The van der Waals surface area contributed by atoms with E-state index >= 15 is 0 Å². The molecule has 0 saturated heterocycles. The highest BCUT2D eigenvalue weighted by Crippen LogP contribution is 2.26. The first-order chi connectivity index (χ1) is 14.6. The van der Waals surface area contributed by atoms with Crippen LogP contribution in [0.5, 0.6) is 5.75 Å². The zero-order chi connectivity index (χ0) is 20.9. The van der Waals surface area contributed by atoms with Crippen molar-refractivity contribution >= 4 is 39.7 Å². The Bertz CT molecular complexity index is 1200. The Morgan fingerprint density at radius 2 is 1.77 bits per heavy atom. The van der Waals surface area contributed by atoms with Crippen LogP contribution < -0.4 is 10.1 Å². The number of fused-ring (bicyclic) bond motifs is 1. The molecule has 0 radical (unpaired) electrons. The predicted molar refractivity (Wildman–Crippen MR) is 117 cm³/mol. The standard InChI is InChI=1S/C23H18N2O4S/c1-28-17-11-9-16(10-12-17)22-25-20(14-30-22)23(27)29-13-21(26)24-19-8-4-6-15-5-2-3-7-18(15)19/h2-12,14H,13H2,1H3,(H,24,26). The van der Waals surface area contributed by atoms with Gasteiger partial charge in [-0.25, -0.2) is 9.78 Å². The summed E-state index contributed by atoms with van der Waals surface area (Å²) in [5.41, 5.74) is 1.71. The Balaban J connectivity index is 1.37. The third kappa shape index (κ3) is 4.31. The second kappa shape index (κ2) is 8.75. The number of nitrogens with zero attached hydrogens (tertiary/aromatic N) is 1. The van der Waals surface area contributed by atoms with Crippen molar-refractivity contribution in [3.63, 3.8) is 0 Å². The molecule has 4 rings (SSSR count). The number of amides is 1. The van der Waals surface area contributed by atoms with Gasteiger partial charge >= 0.3 is 5.97 Å². The van der Waals surface area contributed by atoms with Gasteiger partial charge in [-0.1, -0.05) is 36.4 Å². The van der Waals surface area contributed by atoms with Crippen molar-refractivity contribution in [1.82, 2.24) is 4.98 Å². The van der Waals surface area contributed by atoms with E-state index in [0.29, 0.717) is 10.7 Å². The SMILES string of the molecule is COc1ccc(-c2nc(C(=O)OCC(=O)Nc3cccc4ccccc34)cs2)cc1. The maximum Gasteiger partial charge on any atom is 0.358 e. The van der Waals surface area contributed by atoms with Crippen molar-refractivity contribution in [3.05, 3.63) is 77.8 Å². The van der Waals surface area contributed by atoms with Crippen molar-refractivity contribution in [2.45, 2.75) is 0 Å². The van der Waals surface area contributed by atoms with Crippen LogP contribution in [-0.2, 0) is 9.53 Å². The third-order valence-electron chi connectivity index (χ3n) is 4.45. The second-order valence-electron chi connectivity index (χ2n) is 6.42. The number of esters is 1. The zero-order valence-electron chi connectivity index (χ0n) is 16.1. The molecule has 0 fully saturated rings. The fourth-order valence-corrected chi connectivity index (χ4v) is 3.75. The van der Waals surface area contributed by atoms with E-state index in [1.165, 1.54) is 11.3 Å². The summed E-state index contributed by atoms with van der Waals surface area (Å²) >= 11 is 1.33. The van der Waals surface area contributed by atoms with E-state index in [2.05, 4.69) is 10.3 Å². The van der Waals surface area contributed by atoms with Gasteiger partial charge in [0.05, 0.1) is 7.11 Å². The highest BCUT2D eigenvalue weighted by Gasteiger charge is 2.15. The maximum atomic E-state index is 12.3.